The van der Waals surface area contributed by atoms with Crippen LogP contribution >= 0.6 is 0 Å². The van der Waals surface area contributed by atoms with Gasteiger partial charge in [-0.3, -0.25) is 9.69 Å². The van der Waals surface area contributed by atoms with Crippen LogP contribution in [-0.2, 0) is 4.79 Å². The fraction of sp³-hybridized carbons (Fsp3) is 0.727. The van der Waals surface area contributed by atoms with Crippen LogP contribution in [0.15, 0.2) is 11.3 Å². The molecule has 0 radical (unpaired) electrons. The number of hydrogen-bond acceptors (Lipinski definition) is 3. The van der Waals surface area contributed by atoms with Gasteiger partial charge >= 0.3 is 0 Å². The van der Waals surface area contributed by atoms with E-state index in [1.807, 2.05) is 0 Å². The van der Waals surface area contributed by atoms with E-state index in [0.717, 1.165) is 18.7 Å². The van der Waals surface area contributed by atoms with Gasteiger partial charge in [0.15, 0.2) is 5.78 Å². The Kier molecular flexibility index (Phi) is 2.35. The van der Waals surface area contributed by atoms with Gasteiger partial charge in [0.2, 0.25) is 0 Å². The summed E-state index contributed by atoms with van der Waals surface area (Å²) in [6, 6.07) is 0.680. The molecule has 0 bridgehead atoms. The summed E-state index contributed by atoms with van der Waals surface area (Å²) in [7, 11) is 0. The predicted octanol–water partition coefficient (Wildman–Crippen LogP) is 0.915. The molecular weight excluding hydrogens is 176 g/mol. The number of nitrogens with zero attached hydrogens (tertiary/aromatic N) is 1. The summed E-state index contributed by atoms with van der Waals surface area (Å²) >= 11 is 0. The van der Waals surface area contributed by atoms with Crippen LogP contribution in [0.4, 0.5) is 0 Å². The molecule has 2 rings (SSSR count). The normalized spacial score (nSPS) is 33.2. The maximum Gasteiger partial charge on any atom is 0.163 e. The molecule has 1 N–H and O–H groups in total. The van der Waals surface area contributed by atoms with Gasteiger partial charge in [-0.25, -0.2) is 0 Å². The highest BCUT2D eigenvalue weighted by Crippen LogP contribution is 2.31. The van der Waals surface area contributed by atoms with Crippen molar-refractivity contribution in [2.75, 3.05) is 13.1 Å². The number of hydrogen-bond donors (Lipinski definition) is 1. The molecule has 2 aliphatic rings. The number of rotatable bonds is 1. The maximum absolute atomic E-state index is 11.8. The second kappa shape index (κ2) is 3.39. The van der Waals surface area contributed by atoms with Crippen LogP contribution in [0, 0.1) is 0 Å². The van der Waals surface area contributed by atoms with Gasteiger partial charge in [-0.05, 0) is 20.4 Å². The summed E-state index contributed by atoms with van der Waals surface area (Å²) in [6.45, 7) is 8.27. The largest absolute Gasteiger partial charge is 0.386 e. The SMILES string of the molecule is CCN1C(C)C2=C(C(=O)CCN2)C1C. The molecule has 2 atom stereocenters. The molecular formula is C11H18N2O. The number of carbonyl (C=O) groups is 1. The van der Waals surface area contributed by atoms with Gasteiger partial charge in [-0.1, -0.05) is 6.92 Å². The summed E-state index contributed by atoms with van der Waals surface area (Å²) in [5.41, 5.74) is 2.21. The molecule has 2 aliphatic heterocycles. The van der Waals surface area contributed by atoms with Gasteiger partial charge in [0.05, 0.1) is 0 Å². The zero-order chi connectivity index (χ0) is 10.3. The molecule has 0 saturated heterocycles. The van der Waals surface area contributed by atoms with Crippen molar-refractivity contribution >= 4 is 5.78 Å². The Morgan fingerprint density at radius 2 is 2.14 bits per heavy atom. The summed E-state index contributed by atoms with van der Waals surface area (Å²) < 4.78 is 0. The van der Waals surface area contributed by atoms with Crippen LogP contribution in [0.3, 0.4) is 0 Å². The van der Waals surface area contributed by atoms with Gasteiger partial charge in [-0.15, -0.1) is 0 Å². The van der Waals surface area contributed by atoms with E-state index >= 15 is 0 Å². The van der Waals surface area contributed by atoms with E-state index in [1.165, 1.54) is 5.70 Å². The number of Topliss-reactive ketones (excluding diaryl/α,β-unsaturated/α-hetero) is 1. The Morgan fingerprint density at radius 1 is 1.43 bits per heavy atom. The summed E-state index contributed by atoms with van der Waals surface area (Å²) in [5, 5.41) is 3.37. The lowest BCUT2D eigenvalue weighted by Crippen LogP contribution is -2.36. The van der Waals surface area contributed by atoms with Crippen molar-refractivity contribution in [3.05, 3.63) is 11.3 Å². The van der Waals surface area contributed by atoms with Crippen LogP contribution < -0.4 is 5.32 Å². The molecule has 3 nitrogen and oxygen atoms in total. The highest BCUT2D eigenvalue weighted by Gasteiger charge is 2.39. The predicted molar refractivity (Wildman–Crippen MR) is 56.0 cm³/mol. The second-order valence-corrected chi connectivity index (χ2v) is 4.11. The van der Waals surface area contributed by atoms with Crippen LogP contribution in [0.5, 0.6) is 0 Å². The van der Waals surface area contributed by atoms with E-state index in [2.05, 4.69) is 31.0 Å². The van der Waals surface area contributed by atoms with Gasteiger partial charge in [0, 0.05) is 36.3 Å². The number of carbonyl (C=O) groups excluding carboxylic acids is 1. The maximum atomic E-state index is 11.8. The first-order chi connectivity index (χ1) is 6.66. The van der Waals surface area contributed by atoms with Crippen molar-refractivity contribution in [3.8, 4) is 0 Å². The van der Waals surface area contributed by atoms with Gasteiger partial charge < -0.3 is 5.32 Å². The molecule has 0 fully saturated rings. The van der Waals surface area contributed by atoms with Crippen molar-refractivity contribution in [2.24, 2.45) is 0 Å². The molecule has 0 aromatic heterocycles. The fourth-order valence-corrected chi connectivity index (χ4v) is 2.74. The Labute approximate surface area is 85.2 Å². The third kappa shape index (κ3) is 1.19. The minimum atomic E-state index is 0.297. The minimum Gasteiger partial charge on any atom is -0.386 e. The quantitative estimate of drug-likeness (QED) is 0.673. The van der Waals surface area contributed by atoms with E-state index in [4.69, 9.17) is 0 Å². The van der Waals surface area contributed by atoms with Gasteiger partial charge in [0.1, 0.15) is 0 Å². The Bertz CT molecular complexity index is 296. The molecule has 78 valence electrons. The van der Waals surface area contributed by atoms with Crippen LogP contribution in [0.2, 0.25) is 0 Å². The van der Waals surface area contributed by atoms with Crippen molar-refractivity contribution in [3.63, 3.8) is 0 Å². The zero-order valence-electron chi connectivity index (χ0n) is 9.13. The highest BCUT2D eigenvalue weighted by molar-refractivity contribution is 5.98. The fourth-order valence-electron chi connectivity index (χ4n) is 2.74. The van der Waals surface area contributed by atoms with Crippen molar-refractivity contribution in [1.29, 1.82) is 0 Å². The zero-order valence-corrected chi connectivity index (χ0v) is 9.13. The third-order valence-electron chi connectivity index (χ3n) is 3.45. The lowest BCUT2D eigenvalue weighted by molar-refractivity contribution is -0.116. The Morgan fingerprint density at radius 3 is 2.71 bits per heavy atom. The standard InChI is InChI=1S/C11H18N2O/c1-4-13-7(2)10-9(14)5-6-12-11(10)8(13)3/h7-8,12H,4-6H2,1-3H3. The first-order valence-electron chi connectivity index (χ1n) is 5.43. The topological polar surface area (TPSA) is 32.3 Å². The van der Waals surface area contributed by atoms with E-state index in [-0.39, 0.29) is 0 Å². The third-order valence-corrected chi connectivity index (χ3v) is 3.45. The van der Waals surface area contributed by atoms with Gasteiger partial charge in [-0.2, -0.15) is 0 Å². The second-order valence-electron chi connectivity index (χ2n) is 4.11. The van der Waals surface area contributed by atoms with Crippen LogP contribution in [0.1, 0.15) is 27.2 Å². The first-order valence-corrected chi connectivity index (χ1v) is 5.43. The molecule has 0 aromatic rings. The Balaban J connectivity index is 2.35. The van der Waals surface area contributed by atoms with Crippen molar-refractivity contribution in [1.82, 2.24) is 10.2 Å². The summed E-state index contributed by atoms with van der Waals surface area (Å²) in [4.78, 5) is 14.1. The molecule has 0 spiro atoms. The molecule has 0 saturated carbocycles. The van der Waals surface area contributed by atoms with Gasteiger partial charge in [0.25, 0.3) is 0 Å². The van der Waals surface area contributed by atoms with E-state index in [1.54, 1.807) is 0 Å². The smallest absolute Gasteiger partial charge is 0.163 e. The minimum absolute atomic E-state index is 0.297. The highest BCUT2D eigenvalue weighted by atomic mass is 16.1. The number of likely N-dealkylation sites (N-methyl/N-ethyl adjacent to an activating group) is 1. The number of nitrogens with one attached hydrogen (secondary N) is 1. The van der Waals surface area contributed by atoms with Crippen molar-refractivity contribution in [2.45, 2.75) is 39.3 Å². The average molecular weight is 194 g/mol. The molecule has 2 unspecified atom stereocenters. The van der Waals surface area contributed by atoms with E-state index in [9.17, 15) is 4.79 Å². The number of ketones is 1. The van der Waals surface area contributed by atoms with Crippen molar-refractivity contribution < 1.29 is 4.79 Å². The van der Waals surface area contributed by atoms with E-state index < -0.39 is 0 Å². The molecule has 0 aromatic carbocycles. The molecule has 0 amide bonds. The average Bonchev–Trinajstić information content (AvgIpc) is 2.41. The molecule has 0 aliphatic carbocycles. The molecule has 2 heterocycles. The van der Waals surface area contributed by atoms with Crippen LogP contribution in [-0.4, -0.2) is 35.9 Å². The molecule has 3 heteroatoms. The monoisotopic (exact) mass is 194 g/mol. The Hall–Kier alpha value is -0.830. The van der Waals surface area contributed by atoms with Crippen LogP contribution in [0.25, 0.3) is 0 Å². The molecule has 14 heavy (non-hydrogen) atoms. The summed E-state index contributed by atoms with van der Waals surface area (Å²) in [6.07, 6.45) is 0.660. The lowest BCUT2D eigenvalue weighted by atomic mass is 9.98. The summed E-state index contributed by atoms with van der Waals surface area (Å²) in [5.74, 6) is 0.342. The lowest BCUT2D eigenvalue weighted by Gasteiger charge is -2.25. The first kappa shape index (κ1) is 9.71. The van der Waals surface area contributed by atoms with E-state index in [0.29, 0.717) is 24.3 Å².